The molecular formula is C22H26Cl2N2O2. The molecule has 0 radical (unpaired) electrons. The van der Waals surface area contributed by atoms with Gasteiger partial charge in [-0.25, -0.2) is 0 Å². The van der Waals surface area contributed by atoms with Crippen molar-refractivity contribution >= 4 is 35.0 Å². The van der Waals surface area contributed by atoms with Crippen molar-refractivity contribution in [1.82, 2.24) is 10.2 Å². The molecule has 2 aromatic rings. The van der Waals surface area contributed by atoms with E-state index in [-0.39, 0.29) is 11.8 Å². The van der Waals surface area contributed by atoms with E-state index in [1.807, 2.05) is 43.3 Å². The molecule has 0 saturated heterocycles. The zero-order valence-corrected chi connectivity index (χ0v) is 17.8. The van der Waals surface area contributed by atoms with Gasteiger partial charge in [-0.2, -0.15) is 0 Å². The molecule has 1 N–H and O–H groups in total. The molecule has 28 heavy (non-hydrogen) atoms. The molecule has 0 heterocycles. The summed E-state index contributed by atoms with van der Waals surface area (Å²) in [6.07, 6.45) is 1.59. The number of hydrogen-bond donors (Lipinski definition) is 1. The first-order valence-corrected chi connectivity index (χ1v) is 10.3. The average molecular weight is 421 g/mol. The van der Waals surface area contributed by atoms with Gasteiger partial charge in [0.1, 0.15) is 6.04 Å². The summed E-state index contributed by atoms with van der Waals surface area (Å²) in [4.78, 5) is 27.3. The van der Waals surface area contributed by atoms with Crippen molar-refractivity contribution < 1.29 is 9.59 Å². The van der Waals surface area contributed by atoms with Gasteiger partial charge in [-0.05, 0) is 29.7 Å². The summed E-state index contributed by atoms with van der Waals surface area (Å²) in [7, 11) is 0. The van der Waals surface area contributed by atoms with Crippen molar-refractivity contribution in [3.8, 4) is 0 Å². The summed E-state index contributed by atoms with van der Waals surface area (Å²) < 4.78 is 0. The van der Waals surface area contributed by atoms with Gasteiger partial charge in [0.25, 0.3) is 0 Å². The number of halogens is 2. The molecular weight excluding hydrogens is 395 g/mol. The fraction of sp³-hybridized carbons (Fsp3) is 0.364. The van der Waals surface area contributed by atoms with Crippen LogP contribution in [0.5, 0.6) is 0 Å². The smallest absolute Gasteiger partial charge is 0.243 e. The summed E-state index contributed by atoms with van der Waals surface area (Å²) in [6.45, 7) is 4.66. The lowest BCUT2D eigenvalue weighted by molar-refractivity contribution is -0.141. The highest BCUT2D eigenvalue weighted by molar-refractivity contribution is 6.42. The maximum absolute atomic E-state index is 12.9. The SMILES string of the molecule is CCCNC(=O)[C@H](Cc1ccccc1)N(Cc1ccc(Cl)c(Cl)c1)C(=O)CC. The number of carbonyl (C=O) groups is 2. The zero-order valence-electron chi connectivity index (χ0n) is 16.3. The Balaban J connectivity index is 2.34. The third-order valence-electron chi connectivity index (χ3n) is 4.46. The molecule has 2 amide bonds. The first-order valence-electron chi connectivity index (χ1n) is 9.51. The van der Waals surface area contributed by atoms with Gasteiger partial charge < -0.3 is 10.2 Å². The van der Waals surface area contributed by atoms with Crippen LogP contribution >= 0.6 is 23.2 Å². The van der Waals surface area contributed by atoms with Gasteiger partial charge in [-0.3, -0.25) is 9.59 Å². The van der Waals surface area contributed by atoms with Crippen molar-refractivity contribution in [2.24, 2.45) is 0 Å². The van der Waals surface area contributed by atoms with Crippen molar-refractivity contribution in [1.29, 1.82) is 0 Å². The summed E-state index contributed by atoms with van der Waals surface area (Å²) in [5.74, 6) is -0.230. The van der Waals surface area contributed by atoms with Gasteiger partial charge >= 0.3 is 0 Å². The van der Waals surface area contributed by atoms with E-state index in [0.717, 1.165) is 17.5 Å². The van der Waals surface area contributed by atoms with E-state index in [4.69, 9.17) is 23.2 Å². The number of carbonyl (C=O) groups excluding carboxylic acids is 2. The summed E-state index contributed by atoms with van der Waals surface area (Å²) in [5, 5.41) is 3.83. The largest absolute Gasteiger partial charge is 0.354 e. The van der Waals surface area contributed by atoms with Gasteiger partial charge in [-0.1, -0.05) is 73.4 Å². The Hall–Kier alpha value is -2.04. The van der Waals surface area contributed by atoms with Crippen LogP contribution < -0.4 is 5.32 Å². The molecule has 0 bridgehead atoms. The molecule has 0 aliphatic carbocycles. The van der Waals surface area contributed by atoms with E-state index >= 15 is 0 Å². The number of nitrogens with zero attached hydrogens (tertiary/aromatic N) is 1. The minimum absolute atomic E-state index is 0.0846. The van der Waals surface area contributed by atoms with Gasteiger partial charge in [0.2, 0.25) is 11.8 Å². The summed E-state index contributed by atoms with van der Waals surface area (Å²) in [6, 6.07) is 14.4. The van der Waals surface area contributed by atoms with Crippen molar-refractivity contribution in [2.45, 2.75) is 45.7 Å². The maximum Gasteiger partial charge on any atom is 0.243 e. The van der Waals surface area contributed by atoms with E-state index in [1.54, 1.807) is 24.0 Å². The molecule has 4 nitrogen and oxygen atoms in total. The number of benzene rings is 2. The third-order valence-corrected chi connectivity index (χ3v) is 5.20. The Kier molecular flexibility index (Phi) is 8.81. The molecule has 1 atom stereocenters. The van der Waals surface area contributed by atoms with Crippen LogP contribution in [0.2, 0.25) is 10.0 Å². The first kappa shape index (κ1) is 22.3. The molecule has 0 aromatic heterocycles. The fourth-order valence-corrected chi connectivity index (χ4v) is 3.28. The molecule has 150 valence electrons. The summed E-state index contributed by atoms with van der Waals surface area (Å²) >= 11 is 12.1. The molecule has 0 aliphatic heterocycles. The third kappa shape index (κ3) is 6.25. The van der Waals surface area contributed by atoms with Gasteiger partial charge in [0, 0.05) is 25.9 Å². The molecule has 2 aromatic carbocycles. The van der Waals surface area contributed by atoms with Gasteiger partial charge in [0.05, 0.1) is 10.0 Å². The highest BCUT2D eigenvalue weighted by atomic mass is 35.5. The van der Waals surface area contributed by atoms with Gasteiger partial charge in [0.15, 0.2) is 0 Å². The van der Waals surface area contributed by atoms with Crippen LogP contribution in [0.3, 0.4) is 0 Å². The van der Waals surface area contributed by atoms with Crippen molar-refractivity contribution in [2.75, 3.05) is 6.54 Å². The van der Waals surface area contributed by atoms with E-state index < -0.39 is 6.04 Å². The van der Waals surface area contributed by atoms with Crippen molar-refractivity contribution in [3.63, 3.8) is 0 Å². The quantitative estimate of drug-likeness (QED) is 0.628. The zero-order chi connectivity index (χ0) is 20.5. The second-order valence-electron chi connectivity index (χ2n) is 6.62. The highest BCUT2D eigenvalue weighted by Crippen LogP contribution is 2.24. The molecule has 0 aliphatic rings. The topological polar surface area (TPSA) is 49.4 Å². The maximum atomic E-state index is 12.9. The molecule has 2 rings (SSSR count). The Morgan fingerprint density at radius 1 is 1.00 bits per heavy atom. The van der Waals surface area contributed by atoms with Crippen LogP contribution in [0.4, 0.5) is 0 Å². The van der Waals surface area contributed by atoms with Crippen molar-refractivity contribution in [3.05, 3.63) is 69.7 Å². The monoisotopic (exact) mass is 420 g/mol. The number of rotatable bonds is 9. The molecule has 0 fully saturated rings. The number of hydrogen-bond acceptors (Lipinski definition) is 2. The first-order chi connectivity index (χ1) is 13.5. The minimum Gasteiger partial charge on any atom is -0.354 e. The van der Waals surface area contributed by atoms with E-state index in [9.17, 15) is 9.59 Å². The second-order valence-corrected chi connectivity index (χ2v) is 7.43. The number of nitrogens with one attached hydrogen (secondary N) is 1. The Labute approximate surface area is 176 Å². The molecule has 0 saturated carbocycles. The van der Waals surface area contributed by atoms with Gasteiger partial charge in [-0.15, -0.1) is 0 Å². The van der Waals surface area contributed by atoms with Crippen LogP contribution in [0, 0.1) is 0 Å². The normalized spacial score (nSPS) is 11.7. The molecule has 0 spiro atoms. The predicted octanol–water partition coefficient (Wildman–Crippen LogP) is 4.87. The highest BCUT2D eigenvalue weighted by Gasteiger charge is 2.29. The van der Waals surface area contributed by atoms with Crippen LogP contribution in [-0.4, -0.2) is 29.3 Å². The Morgan fingerprint density at radius 2 is 1.71 bits per heavy atom. The van der Waals surface area contributed by atoms with Crippen LogP contribution in [0.25, 0.3) is 0 Å². The standard InChI is InChI=1S/C22H26Cl2N2O2/c1-3-12-25-22(28)20(14-16-8-6-5-7-9-16)26(21(27)4-2)15-17-10-11-18(23)19(24)13-17/h5-11,13,20H,3-4,12,14-15H2,1-2H3,(H,25,28)/t20-/m0/s1. The summed E-state index contributed by atoms with van der Waals surface area (Å²) in [5.41, 5.74) is 1.83. The average Bonchev–Trinajstić information content (AvgIpc) is 2.71. The minimum atomic E-state index is -0.601. The van der Waals surface area contributed by atoms with Crippen LogP contribution in [0.15, 0.2) is 48.5 Å². The predicted molar refractivity (Wildman–Crippen MR) is 115 cm³/mol. The lowest BCUT2D eigenvalue weighted by atomic mass is 10.0. The fourth-order valence-electron chi connectivity index (χ4n) is 2.96. The van der Waals surface area contributed by atoms with E-state index in [1.165, 1.54) is 0 Å². The second kappa shape index (κ2) is 11.1. The lowest BCUT2D eigenvalue weighted by Gasteiger charge is -2.31. The Bertz CT molecular complexity index is 796. The lowest BCUT2D eigenvalue weighted by Crippen LogP contribution is -2.50. The molecule has 0 unspecified atom stereocenters. The van der Waals surface area contributed by atoms with Crippen LogP contribution in [-0.2, 0) is 22.6 Å². The van der Waals surface area contributed by atoms with E-state index in [2.05, 4.69) is 5.32 Å². The van der Waals surface area contributed by atoms with E-state index in [0.29, 0.717) is 36.0 Å². The number of amides is 2. The Morgan fingerprint density at radius 3 is 2.32 bits per heavy atom. The molecule has 6 heteroatoms. The van der Waals surface area contributed by atoms with Crippen LogP contribution in [0.1, 0.15) is 37.8 Å².